The second-order valence-electron chi connectivity index (χ2n) is 10.4. The van der Waals surface area contributed by atoms with E-state index >= 15 is 0 Å². The molecule has 2 saturated heterocycles. The fourth-order valence-electron chi connectivity index (χ4n) is 5.23. The molecule has 4 heterocycles. The molecule has 2 aliphatic heterocycles. The van der Waals surface area contributed by atoms with Crippen LogP contribution in [-0.4, -0.2) is 82.6 Å². The van der Waals surface area contributed by atoms with Gasteiger partial charge in [0.15, 0.2) is 11.4 Å². The van der Waals surface area contributed by atoms with Crippen LogP contribution in [0.3, 0.4) is 0 Å². The third kappa shape index (κ3) is 7.30. The van der Waals surface area contributed by atoms with Crippen molar-refractivity contribution in [1.29, 1.82) is 5.26 Å². The molecule has 2 aromatic rings. The fourth-order valence-corrected chi connectivity index (χ4v) is 6.42. The van der Waals surface area contributed by atoms with Crippen LogP contribution in [0.1, 0.15) is 56.7 Å². The number of pyridine rings is 1. The Morgan fingerprint density at radius 1 is 1.12 bits per heavy atom. The number of rotatable bonds is 7. The molecule has 0 unspecified atom stereocenters. The van der Waals surface area contributed by atoms with E-state index in [0.29, 0.717) is 16.7 Å². The molecular formula is C26H32ClN4O11P. The molecule has 4 atom stereocenters. The van der Waals surface area contributed by atoms with Crippen LogP contribution in [0.4, 0.5) is 5.69 Å². The molecule has 3 N–H and O–H groups in total. The minimum absolute atomic E-state index is 0.0125. The number of cyclic esters (lactones) is 2. The minimum Gasteiger partial charge on any atom is -0.438 e. The van der Waals surface area contributed by atoms with Crippen LogP contribution in [0.25, 0.3) is 11.0 Å². The second-order valence-corrected chi connectivity index (χ2v) is 12.7. The standard InChI is InChI=1S/C26H32ClN4O11P/c27-24-17(10-28)21(29-15-4-1-2-5-15)16-8-9-31(25(16)30-24)26-23(35)22(34)18(42-26)11-37-14-43(36)40-12-38-19(32)6-3-7-20(33)39-13-41-43/h8-9,15,18,22-23,26,34-35H,1-7,11-14H2,(H,29,30)/t18-,22-,23-,26-/m1/s1. The van der Waals surface area contributed by atoms with Crippen LogP contribution in [0, 0.1) is 11.3 Å². The molecule has 0 spiro atoms. The highest BCUT2D eigenvalue weighted by Gasteiger charge is 2.45. The maximum absolute atomic E-state index is 13.1. The average molecular weight is 643 g/mol. The number of nitrogens with zero attached hydrogens (tertiary/aromatic N) is 3. The quantitative estimate of drug-likeness (QED) is 0.226. The zero-order valence-electron chi connectivity index (χ0n) is 23.1. The van der Waals surface area contributed by atoms with Gasteiger partial charge in [-0.1, -0.05) is 24.4 Å². The lowest BCUT2D eigenvalue weighted by atomic mass is 10.1. The van der Waals surface area contributed by atoms with Crippen molar-refractivity contribution >= 4 is 47.9 Å². The Morgan fingerprint density at radius 2 is 1.79 bits per heavy atom. The summed E-state index contributed by atoms with van der Waals surface area (Å²) in [5.74, 6) is -1.30. The zero-order valence-corrected chi connectivity index (χ0v) is 24.7. The van der Waals surface area contributed by atoms with E-state index in [1.807, 2.05) is 0 Å². The molecule has 15 nitrogen and oxygen atoms in total. The number of aliphatic hydroxyl groups is 2. The topological polar surface area (TPSA) is 201 Å². The molecule has 0 radical (unpaired) electrons. The summed E-state index contributed by atoms with van der Waals surface area (Å²) in [6.45, 7) is -1.68. The number of ether oxygens (including phenoxy) is 4. The van der Waals surface area contributed by atoms with Crippen molar-refractivity contribution < 1.29 is 52.4 Å². The Labute approximate surface area is 251 Å². The molecule has 3 aliphatic rings. The van der Waals surface area contributed by atoms with Crippen LogP contribution >= 0.6 is 19.2 Å². The Balaban J connectivity index is 1.26. The highest BCUT2D eigenvalue weighted by molar-refractivity contribution is 7.53. The third-order valence-corrected chi connectivity index (χ3v) is 9.25. The van der Waals surface area contributed by atoms with Crippen LogP contribution in [0.15, 0.2) is 12.3 Å². The fraction of sp³-hybridized carbons (Fsp3) is 0.615. The van der Waals surface area contributed by atoms with Gasteiger partial charge in [0.05, 0.1) is 12.3 Å². The van der Waals surface area contributed by atoms with Gasteiger partial charge in [0.1, 0.15) is 41.9 Å². The zero-order chi connectivity index (χ0) is 30.6. The van der Waals surface area contributed by atoms with E-state index in [2.05, 4.69) is 16.4 Å². The van der Waals surface area contributed by atoms with Gasteiger partial charge in [-0.3, -0.25) is 23.2 Å². The number of carbonyl (C=O) groups excluding carboxylic acids is 2. The van der Waals surface area contributed by atoms with E-state index < -0.39 is 64.0 Å². The van der Waals surface area contributed by atoms with Crippen molar-refractivity contribution in [2.75, 3.05) is 31.9 Å². The Hall–Kier alpha value is -2.80. The first kappa shape index (κ1) is 31.6. The first-order chi connectivity index (χ1) is 20.7. The van der Waals surface area contributed by atoms with Gasteiger partial charge in [-0.25, -0.2) is 4.98 Å². The normalized spacial score (nSPS) is 27.2. The number of nitrogens with one attached hydrogen (secondary N) is 1. The number of hydrogen-bond donors (Lipinski definition) is 3. The summed E-state index contributed by atoms with van der Waals surface area (Å²) in [7, 11) is -4.08. The summed E-state index contributed by atoms with van der Waals surface area (Å²) >= 11 is 6.39. The maximum Gasteiger partial charge on any atom is 0.361 e. The summed E-state index contributed by atoms with van der Waals surface area (Å²) in [6, 6.07) is 4.03. The lowest BCUT2D eigenvalue weighted by molar-refractivity contribution is -0.155. The Kier molecular flexibility index (Phi) is 10.2. The first-order valence-electron chi connectivity index (χ1n) is 13.8. The number of anilines is 1. The Bertz CT molecular complexity index is 1400. The van der Waals surface area contributed by atoms with Gasteiger partial charge >= 0.3 is 19.5 Å². The summed E-state index contributed by atoms with van der Waals surface area (Å²) in [4.78, 5) is 27.8. The summed E-state index contributed by atoms with van der Waals surface area (Å²) in [5.41, 5.74) is 1.11. The molecule has 0 bridgehead atoms. The predicted octanol–water partition coefficient (Wildman–Crippen LogP) is 2.92. The molecule has 1 saturated carbocycles. The number of esters is 2. The third-order valence-electron chi connectivity index (χ3n) is 7.48. The van der Waals surface area contributed by atoms with E-state index in [9.17, 15) is 29.6 Å². The van der Waals surface area contributed by atoms with Crippen molar-refractivity contribution in [2.45, 2.75) is 75.5 Å². The lowest BCUT2D eigenvalue weighted by Crippen LogP contribution is -2.34. The largest absolute Gasteiger partial charge is 0.438 e. The van der Waals surface area contributed by atoms with Gasteiger partial charge in [-0.05, 0) is 25.3 Å². The van der Waals surface area contributed by atoms with Crippen LogP contribution in [0.5, 0.6) is 0 Å². The lowest BCUT2D eigenvalue weighted by Gasteiger charge is -2.21. The van der Waals surface area contributed by atoms with Crippen molar-refractivity contribution in [1.82, 2.24) is 9.55 Å². The molecule has 3 fully saturated rings. The molecule has 2 aromatic heterocycles. The SMILES string of the molecule is N#Cc1c(Cl)nc2c(ccn2[C@@H]2O[C@H](COCP3(=O)OCOC(=O)CCCC(=O)OCO3)[C@@H](O)[C@H]2O)c1NC1CCCC1. The van der Waals surface area contributed by atoms with Gasteiger partial charge in [-0.2, -0.15) is 5.26 Å². The number of hydrogen-bond acceptors (Lipinski definition) is 14. The summed E-state index contributed by atoms with van der Waals surface area (Å²) in [6.07, 6.45) is 0.194. The summed E-state index contributed by atoms with van der Waals surface area (Å²) in [5, 5.41) is 35.4. The van der Waals surface area contributed by atoms with Gasteiger partial charge in [0.25, 0.3) is 0 Å². The predicted molar refractivity (Wildman–Crippen MR) is 148 cm³/mol. The molecule has 17 heteroatoms. The van der Waals surface area contributed by atoms with Crippen molar-refractivity contribution in [2.24, 2.45) is 0 Å². The molecule has 0 aromatic carbocycles. The highest BCUT2D eigenvalue weighted by Crippen LogP contribution is 2.48. The first-order valence-corrected chi connectivity index (χ1v) is 15.9. The number of aliphatic hydroxyl groups excluding tert-OH is 2. The number of aromatic nitrogens is 2. The maximum atomic E-state index is 13.1. The van der Waals surface area contributed by atoms with E-state index in [1.54, 1.807) is 12.3 Å². The van der Waals surface area contributed by atoms with E-state index in [1.165, 1.54) is 4.57 Å². The second kappa shape index (κ2) is 13.9. The molecule has 43 heavy (non-hydrogen) atoms. The van der Waals surface area contributed by atoms with Crippen LogP contribution in [0.2, 0.25) is 5.15 Å². The molecule has 1 aliphatic carbocycles. The van der Waals surface area contributed by atoms with E-state index in [4.69, 9.17) is 39.6 Å². The van der Waals surface area contributed by atoms with Crippen LogP contribution in [-0.2, 0) is 42.1 Å². The van der Waals surface area contributed by atoms with Crippen molar-refractivity contribution in [3.8, 4) is 6.07 Å². The average Bonchev–Trinajstić information content (AvgIpc) is 3.69. The smallest absolute Gasteiger partial charge is 0.361 e. The monoisotopic (exact) mass is 642 g/mol. The minimum atomic E-state index is -4.08. The van der Waals surface area contributed by atoms with Crippen molar-refractivity contribution in [3.05, 3.63) is 23.0 Å². The number of carbonyl (C=O) groups is 2. The van der Waals surface area contributed by atoms with Gasteiger partial charge in [0, 0.05) is 30.5 Å². The van der Waals surface area contributed by atoms with Gasteiger partial charge in [-0.15, -0.1) is 0 Å². The van der Waals surface area contributed by atoms with Crippen molar-refractivity contribution in [3.63, 3.8) is 0 Å². The number of fused-ring (bicyclic) bond motifs is 1. The van der Waals surface area contributed by atoms with Crippen LogP contribution < -0.4 is 5.32 Å². The van der Waals surface area contributed by atoms with Gasteiger partial charge < -0.3 is 39.0 Å². The number of nitriles is 1. The molecule has 234 valence electrons. The molecule has 0 amide bonds. The van der Waals surface area contributed by atoms with E-state index in [-0.39, 0.29) is 42.6 Å². The van der Waals surface area contributed by atoms with Gasteiger partial charge in [0.2, 0.25) is 13.6 Å². The number of halogens is 1. The van der Waals surface area contributed by atoms with E-state index in [0.717, 1.165) is 25.7 Å². The molecular weight excluding hydrogens is 611 g/mol. The molecule has 5 rings (SSSR count). The highest BCUT2D eigenvalue weighted by atomic mass is 35.5. The Morgan fingerprint density at radius 3 is 2.44 bits per heavy atom. The summed E-state index contributed by atoms with van der Waals surface area (Å²) < 4.78 is 45.9.